The first kappa shape index (κ1) is 21.3. The summed E-state index contributed by atoms with van der Waals surface area (Å²) in [5.41, 5.74) is 1.78. The summed E-state index contributed by atoms with van der Waals surface area (Å²) in [5.74, 6) is -2.76. The van der Waals surface area contributed by atoms with Gasteiger partial charge in [0.1, 0.15) is 12.4 Å². The van der Waals surface area contributed by atoms with Crippen LogP contribution in [0.5, 0.6) is 5.75 Å². The van der Waals surface area contributed by atoms with Crippen molar-refractivity contribution in [2.24, 2.45) is 0 Å². The van der Waals surface area contributed by atoms with Crippen molar-refractivity contribution in [3.05, 3.63) is 76.6 Å². The second kappa shape index (κ2) is 8.68. The first-order valence-corrected chi connectivity index (χ1v) is 9.97. The van der Waals surface area contributed by atoms with E-state index in [0.717, 1.165) is 11.6 Å². The fourth-order valence-electron chi connectivity index (χ4n) is 3.42. The molecule has 0 aliphatic carbocycles. The number of aromatic nitrogens is 1. The van der Waals surface area contributed by atoms with Gasteiger partial charge in [-0.15, -0.1) is 0 Å². The van der Waals surface area contributed by atoms with Gasteiger partial charge in [-0.1, -0.05) is 29.8 Å². The van der Waals surface area contributed by atoms with E-state index in [4.69, 9.17) is 21.1 Å². The van der Waals surface area contributed by atoms with E-state index < -0.39 is 23.6 Å². The smallest absolute Gasteiger partial charge is 0.333 e. The lowest BCUT2D eigenvalue weighted by Crippen LogP contribution is -2.31. The minimum absolute atomic E-state index is 0.0640. The zero-order chi connectivity index (χ0) is 22.8. The number of hydrogen-bond donors (Lipinski definition) is 1. The van der Waals surface area contributed by atoms with Crippen LogP contribution in [0.4, 0.5) is 0 Å². The third-order valence-electron chi connectivity index (χ3n) is 4.77. The van der Waals surface area contributed by atoms with E-state index in [0.29, 0.717) is 22.5 Å². The molecule has 3 aromatic rings. The van der Waals surface area contributed by atoms with Gasteiger partial charge in [-0.3, -0.25) is 14.4 Å². The highest BCUT2D eigenvalue weighted by atomic mass is 35.5. The zero-order valence-corrected chi connectivity index (χ0v) is 17.6. The third kappa shape index (κ3) is 4.40. The maximum atomic E-state index is 13.0. The Morgan fingerprint density at radius 3 is 2.56 bits per heavy atom. The zero-order valence-electron chi connectivity index (χ0n) is 16.9. The number of hydrogen-bond acceptors (Lipinski definition) is 6. The van der Waals surface area contributed by atoms with E-state index in [2.05, 4.69) is 5.32 Å². The Kier molecular flexibility index (Phi) is 5.79. The van der Waals surface area contributed by atoms with Gasteiger partial charge in [0.15, 0.2) is 0 Å². The Labute approximate surface area is 187 Å². The standard InChI is InChI=1S/C23H17ClN2O6/c1-13(27)32-19-4-2-3-18-21(19)17(11-26(18)10-14-5-7-15(24)8-6-14)22(29)23(30)25-16-9-20(28)31-12-16/h2-9,11H,10,12H2,1H3,(H,25,30). The second-order valence-electron chi connectivity index (χ2n) is 7.10. The van der Waals surface area contributed by atoms with Gasteiger partial charge in [0.25, 0.3) is 11.7 Å². The number of benzene rings is 2. The molecule has 1 amide bonds. The topological polar surface area (TPSA) is 104 Å². The van der Waals surface area contributed by atoms with E-state index in [1.54, 1.807) is 41.1 Å². The van der Waals surface area contributed by atoms with Crippen LogP contribution in [0.15, 0.2) is 60.4 Å². The van der Waals surface area contributed by atoms with Gasteiger partial charge in [-0.25, -0.2) is 4.79 Å². The van der Waals surface area contributed by atoms with Crippen molar-refractivity contribution in [1.82, 2.24) is 9.88 Å². The Bertz CT molecular complexity index is 1290. The molecule has 1 aliphatic rings. The van der Waals surface area contributed by atoms with Crippen LogP contribution in [-0.4, -0.2) is 34.8 Å². The average Bonchev–Trinajstić information content (AvgIpc) is 3.33. The van der Waals surface area contributed by atoms with Gasteiger partial charge in [0.05, 0.1) is 22.2 Å². The normalized spacial score (nSPS) is 12.9. The van der Waals surface area contributed by atoms with Crippen LogP contribution >= 0.6 is 11.6 Å². The molecule has 0 atom stereocenters. The summed E-state index contributed by atoms with van der Waals surface area (Å²) in [6, 6.07) is 12.2. The van der Waals surface area contributed by atoms with Gasteiger partial charge < -0.3 is 19.4 Å². The lowest BCUT2D eigenvalue weighted by Gasteiger charge is -2.08. The van der Waals surface area contributed by atoms with Crippen LogP contribution in [0.3, 0.4) is 0 Å². The maximum absolute atomic E-state index is 13.0. The largest absolute Gasteiger partial charge is 0.456 e. The molecule has 0 spiro atoms. The molecule has 9 heteroatoms. The van der Waals surface area contributed by atoms with Crippen molar-refractivity contribution in [2.75, 3.05) is 6.61 Å². The molecular weight excluding hydrogens is 436 g/mol. The minimum atomic E-state index is -0.933. The first-order valence-electron chi connectivity index (χ1n) is 9.59. The van der Waals surface area contributed by atoms with Gasteiger partial charge in [0, 0.05) is 30.8 Å². The number of nitrogens with zero attached hydrogens (tertiary/aromatic N) is 1. The Morgan fingerprint density at radius 1 is 1.16 bits per heavy atom. The quantitative estimate of drug-likeness (QED) is 0.267. The van der Waals surface area contributed by atoms with E-state index in [9.17, 15) is 19.2 Å². The Hall–Kier alpha value is -3.91. The predicted octanol–water partition coefficient (Wildman–Crippen LogP) is 3.01. The molecule has 0 bridgehead atoms. The summed E-state index contributed by atoms with van der Waals surface area (Å²) >= 11 is 5.96. The highest BCUT2D eigenvalue weighted by Gasteiger charge is 2.26. The number of nitrogens with one attached hydrogen (secondary N) is 1. The highest BCUT2D eigenvalue weighted by Crippen LogP contribution is 2.32. The van der Waals surface area contributed by atoms with Gasteiger partial charge in [-0.05, 0) is 29.8 Å². The lowest BCUT2D eigenvalue weighted by molar-refractivity contribution is -0.135. The van der Waals surface area contributed by atoms with Crippen molar-refractivity contribution in [3.8, 4) is 5.75 Å². The van der Waals surface area contributed by atoms with Crippen molar-refractivity contribution in [1.29, 1.82) is 0 Å². The van der Waals surface area contributed by atoms with E-state index >= 15 is 0 Å². The molecule has 8 nitrogen and oxygen atoms in total. The number of esters is 2. The summed E-state index contributed by atoms with van der Waals surface area (Å²) in [5, 5.41) is 3.33. The molecule has 0 unspecified atom stereocenters. The highest BCUT2D eigenvalue weighted by molar-refractivity contribution is 6.45. The van der Waals surface area contributed by atoms with Crippen LogP contribution in [0.1, 0.15) is 22.8 Å². The van der Waals surface area contributed by atoms with Gasteiger partial charge >= 0.3 is 11.9 Å². The molecule has 0 fully saturated rings. The molecule has 32 heavy (non-hydrogen) atoms. The van der Waals surface area contributed by atoms with Crippen LogP contribution in [-0.2, 0) is 25.7 Å². The monoisotopic (exact) mass is 452 g/mol. The number of carbonyl (C=O) groups excluding carboxylic acids is 4. The van der Waals surface area contributed by atoms with Crippen LogP contribution in [0, 0.1) is 0 Å². The van der Waals surface area contributed by atoms with E-state index in [-0.39, 0.29) is 23.6 Å². The Balaban J connectivity index is 1.75. The van der Waals surface area contributed by atoms with Crippen molar-refractivity contribution in [2.45, 2.75) is 13.5 Å². The van der Waals surface area contributed by atoms with Crippen molar-refractivity contribution in [3.63, 3.8) is 0 Å². The maximum Gasteiger partial charge on any atom is 0.333 e. The molecule has 4 rings (SSSR count). The second-order valence-corrected chi connectivity index (χ2v) is 7.54. The molecule has 0 saturated heterocycles. The first-order chi connectivity index (χ1) is 15.3. The molecule has 2 aromatic carbocycles. The molecular formula is C23H17ClN2O6. The van der Waals surface area contributed by atoms with E-state index in [1.165, 1.54) is 6.92 Å². The number of cyclic esters (lactones) is 1. The van der Waals surface area contributed by atoms with Crippen molar-refractivity contribution < 1.29 is 28.7 Å². The molecule has 0 radical (unpaired) electrons. The summed E-state index contributed by atoms with van der Waals surface area (Å²) in [6.45, 7) is 1.52. The van der Waals surface area contributed by atoms with Crippen molar-refractivity contribution >= 4 is 46.1 Å². The van der Waals surface area contributed by atoms with Crippen LogP contribution < -0.4 is 10.1 Å². The number of amides is 1. The summed E-state index contributed by atoms with van der Waals surface area (Å²) < 4.78 is 11.8. The predicted molar refractivity (Wildman–Crippen MR) is 115 cm³/mol. The summed E-state index contributed by atoms with van der Waals surface area (Å²) in [6.07, 6.45) is 2.65. The molecule has 162 valence electrons. The number of carbonyl (C=O) groups is 4. The molecule has 1 aliphatic heterocycles. The fourth-order valence-corrected chi connectivity index (χ4v) is 3.55. The minimum Gasteiger partial charge on any atom is -0.456 e. The number of ketones is 1. The molecule has 1 N–H and O–H groups in total. The number of Topliss-reactive ketones (excluding diaryl/α,β-unsaturated/α-hetero) is 1. The summed E-state index contributed by atoms with van der Waals surface area (Å²) in [4.78, 5) is 48.4. The summed E-state index contributed by atoms with van der Waals surface area (Å²) in [7, 11) is 0. The van der Waals surface area contributed by atoms with E-state index in [1.807, 2.05) is 12.1 Å². The lowest BCUT2D eigenvalue weighted by atomic mass is 10.1. The number of rotatable bonds is 6. The van der Waals surface area contributed by atoms with Gasteiger partial charge in [0.2, 0.25) is 0 Å². The van der Waals surface area contributed by atoms with Crippen LogP contribution in [0.2, 0.25) is 5.02 Å². The fraction of sp³-hybridized carbons (Fsp3) is 0.130. The van der Waals surface area contributed by atoms with Gasteiger partial charge in [-0.2, -0.15) is 0 Å². The number of fused-ring (bicyclic) bond motifs is 1. The molecule has 2 heterocycles. The molecule has 0 saturated carbocycles. The molecule has 1 aromatic heterocycles. The number of halogens is 1. The average molecular weight is 453 g/mol. The number of ether oxygens (including phenoxy) is 2. The Morgan fingerprint density at radius 2 is 1.91 bits per heavy atom. The van der Waals surface area contributed by atoms with Crippen LogP contribution in [0.25, 0.3) is 10.9 Å². The third-order valence-corrected chi connectivity index (χ3v) is 5.03. The SMILES string of the molecule is CC(=O)Oc1cccc2c1c(C(=O)C(=O)NC1=CC(=O)OC1)cn2Cc1ccc(Cl)cc1.